The topological polar surface area (TPSA) is 127 Å². The Labute approximate surface area is 196 Å². The van der Waals surface area contributed by atoms with Crippen molar-refractivity contribution in [3.05, 3.63) is 41.7 Å². The van der Waals surface area contributed by atoms with Crippen molar-refractivity contribution in [2.45, 2.75) is 18.9 Å². The molecule has 11 nitrogen and oxygen atoms in total. The molecule has 4 heterocycles. The number of aliphatic hydroxyl groups is 1. The first-order chi connectivity index (χ1) is 16.6. The van der Waals surface area contributed by atoms with Crippen molar-refractivity contribution in [1.82, 2.24) is 25.6 Å². The van der Waals surface area contributed by atoms with E-state index in [-0.39, 0.29) is 11.6 Å². The Bertz CT molecular complexity index is 1150. The molecule has 2 saturated heterocycles. The number of morpholine rings is 1. The van der Waals surface area contributed by atoms with Crippen LogP contribution in [-0.4, -0.2) is 83.2 Å². The van der Waals surface area contributed by atoms with Gasteiger partial charge in [-0.1, -0.05) is 0 Å². The number of aromatic nitrogens is 5. The Morgan fingerprint density at radius 1 is 1.09 bits per heavy atom. The molecule has 2 aromatic heterocycles. The van der Waals surface area contributed by atoms with Crippen molar-refractivity contribution in [2.24, 2.45) is 5.92 Å². The second kappa shape index (κ2) is 9.82. The molecule has 5 rings (SSSR count). The number of nitrogens with zero attached hydrogens (tertiary/aromatic N) is 7. The largest absolute Gasteiger partial charge is 0.464 e. The van der Waals surface area contributed by atoms with E-state index < -0.39 is 12.1 Å². The molecule has 2 aliphatic heterocycles. The number of esters is 1. The number of aliphatic hydroxyl groups excluding tert-OH is 1. The molecule has 1 aromatic carbocycles. The highest BCUT2D eigenvalue weighted by Gasteiger charge is 2.30. The lowest BCUT2D eigenvalue weighted by molar-refractivity contribution is 0.0590. The van der Waals surface area contributed by atoms with E-state index in [9.17, 15) is 9.90 Å². The SMILES string of the molecule is COC(=O)c1ccc([C@@H](O)[C@H]2CCCN(c3nnnc4cc(N5CCOCC5)ccc34)C2)nn1. The number of anilines is 2. The molecule has 2 atom stereocenters. The van der Waals surface area contributed by atoms with Crippen LogP contribution in [0.25, 0.3) is 10.9 Å². The summed E-state index contributed by atoms with van der Waals surface area (Å²) >= 11 is 0. The third-order valence-electron chi connectivity index (χ3n) is 6.48. The number of hydrogen-bond donors (Lipinski definition) is 1. The molecule has 0 amide bonds. The van der Waals surface area contributed by atoms with Crippen molar-refractivity contribution >= 4 is 28.4 Å². The molecule has 2 fully saturated rings. The fourth-order valence-electron chi connectivity index (χ4n) is 4.63. The van der Waals surface area contributed by atoms with E-state index in [1.807, 2.05) is 12.1 Å². The summed E-state index contributed by atoms with van der Waals surface area (Å²) in [6.45, 7) is 4.56. The van der Waals surface area contributed by atoms with E-state index in [0.29, 0.717) is 12.2 Å². The summed E-state index contributed by atoms with van der Waals surface area (Å²) in [6, 6.07) is 9.33. The molecule has 0 aliphatic carbocycles. The molecule has 11 heteroatoms. The van der Waals surface area contributed by atoms with E-state index in [0.717, 1.165) is 68.1 Å². The molecule has 0 spiro atoms. The predicted octanol–water partition coefficient (Wildman–Crippen LogP) is 1.39. The quantitative estimate of drug-likeness (QED) is 0.549. The van der Waals surface area contributed by atoms with Gasteiger partial charge in [-0.3, -0.25) is 0 Å². The Morgan fingerprint density at radius 2 is 1.94 bits per heavy atom. The van der Waals surface area contributed by atoms with E-state index in [2.05, 4.69) is 46.2 Å². The highest BCUT2D eigenvalue weighted by atomic mass is 16.5. The number of benzene rings is 1. The van der Waals surface area contributed by atoms with Crippen LogP contribution in [0.4, 0.5) is 11.5 Å². The van der Waals surface area contributed by atoms with Gasteiger partial charge >= 0.3 is 5.97 Å². The maximum absolute atomic E-state index is 11.6. The summed E-state index contributed by atoms with van der Waals surface area (Å²) in [5.74, 6) is 0.143. The van der Waals surface area contributed by atoms with Crippen LogP contribution >= 0.6 is 0 Å². The van der Waals surface area contributed by atoms with Gasteiger partial charge in [0.05, 0.1) is 26.0 Å². The third-order valence-corrected chi connectivity index (χ3v) is 6.48. The van der Waals surface area contributed by atoms with E-state index in [1.165, 1.54) is 13.2 Å². The van der Waals surface area contributed by atoms with E-state index in [4.69, 9.17) is 4.74 Å². The van der Waals surface area contributed by atoms with Gasteiger partial charge in [0, 0.05) is 43.2 Å². The normalized spacial score (nSPS) is 19.8. The van der Waals surface area contributed by atoms with Crippen LogP contribution in [0.5, 0.6) is 0 Å². The number of piperidine rings is 1. The van der Waals surface area contributed by atoms with Crippen LogP contribution in [0.1, 0.15) is 35.1 Å². The first kappa shape index (κ1) is 22.4. The molecule has 1 N–H and O–H groups in total. The van der Waals surface area contributed by atoms with Gasteiger partial charge in [-0.2, -0.15) is 5.10 Å². The van der Waals surface area contributed by atoms with Gasteiger partial charge in [-0.25, -0.2) is 4.79 Å². The summed E-state index contributed by atoms with van der Waals surface area (Å²) in [5.41, 5.74) is 2.43. The highest BCUT2D eigenvalue weighted by Crippen LogP contribution is 2.33. The monoisotopic (exact) mass is 465 g/mol. The van der Waals surface area contributed by atoms with Gasteiger partial charge in [0.1, 0.15) is 11.6 Å². The molecular formula is C23H27N7O4. The maximum atomic E-state index is 11.6. The fourth-order valence-corrected chi connectivity index (χ4v) is 4.63. The molecule has 0 radical (unpaired) electrons. The molecule has 0 saturated carbocycles. The van der Waals surface area contributed by atoms with Crippen LogP contribution in [0.15, 0.2) is 30.3 Å². The summed E-state index contributed by atoms with van der Waals surface area (Å²) in [4.78, 5) is 16.0. The second-order valence-corrected chi connectivity index (χ2v) is 8.54. The molecule has 0 unspecified atom stereocenters. The lowest BCUT2D eigenvalue weighted by atomic mass is 9.90. The highest BCUT2D eigenvalue weighted by molar-refractivity contribution is 5.91. The van der Waals surface area contributed by atoms with Crippen LogP contribution in [-0.2, 0) is 9.47 Å². The van der Waals surface area contributed by atoms with Crippen molar-refractivity contribution in [1.29, 1.82) is 0 Å². The van der Waals surface area contributed by atoms with Gasteiger partial charge < -0.3 is 24.4 Å². The first-order valence-electron chi connectivity index (χ1n) is 11.4. The zero-order valence-corrected chi connectivity index (χ0v) is 19.0. The molecule has 0 bridgehead atoms. The Balaban J connectivity index is 1.34. The Hall–Kier alpha value is -3.44. The van der Waals surface area contributed by atoms with Gasteiger partial charge in [0.2, 0.25) is 0 Å². The zero-order chi connectivity index (χ0) is 23.5. The van der Waals surface area contributed by atoms with Crippen LogP contribution in [0.3, 0.4) is 0 Å². The minimum absolute atomic E-state index is 0.0651. The predicted molar refractivity (Wildman–Crippen MR) is 124 cm³/mol. The van der Waals surface area contributed by atoms with Gasteiger partial charge in [-0.15, -0.1) is 15.3 Å². The number of methoxy groups -OCH3 is 1. The zero-order valence-electron chi connectivity index (χ0n) is 19.0. The molecule has 3 aromatic rings. The number of carbonyl (C=O) groups excluding carboxylic acids is 1. The Kier molecular flexibility index (Phi) is 6.45. The average Bonchev–Trinajstić information content (AvgIpc) is 2.92. The molecule has 178 valence electrons. The number of rotatable bonds is 5. The van der Waals surface area contributed by atoms with Crippen molar-refractivity contribution in [3.63, 3.8) is 0 Å². The van der Waals surface area contributed by atoms with Crippen molar-refractivity contribution < 1.29 is 19.4 Å². The van der Waals surface area contributed by atoms with Crippen LogP contribution in [0.2, 0.25) is 0 Å². The standard InChI is InChI=1S/C23H27N7O4/c1-33-23(32)19-7-6-18(24-25-19)21(31)15-3-2-8-30(14-15)22-17-5-4-16(13-20(17)26-28-27-22)29-9-11-34-12-10-29/h4-7,13,15,21,31H,2-3,8-12,14H2,1H3/t15-,21-/m0/s1. The minimum Gasteiger partial charge on any atom is -0.464 e. The van der Waals surface area contributed by atoms with Crippen LogP contribution in [0, 0.1) is 5.92 Å². The summed E-state index contributed by atoms with van der Waals surface area (Å²) in [6.07, 6.45) is 0.929. The fraction of sp³-hybridized carbons (Fsp3) is 0.478. The minimum atomic E-state index is -0.809. The summed E-state index contributed by atoms with van der Waals surface area (Å²) in [7, 11) is 1.29. The van der Waals surface area contributed by atoms with Gasteiger partial charge in [0.25, 0.3) is 0 Å². The molecule has 2 aliphatic rings. The molecular weight excluding hydrogens is 438 g/mol. The lowest BCUT2D eigenvalue weighted by Crippen LogP contribution is -2.39. The first-order valence-corrected chi connectivity index (χ1v) is 11.4. The maximum Gasteiger partial charge on any atom is 0.358 e. The average molecular weight is 466 g/mol. The molecule has 34 heavy (non-hydrogen) atoms. The summed E-state index contributed by atoms with van der Waals surface area (Å²) in [5, 5.41) is 32.5. The summed E-state index contributed by atoms with van der Waals surface area (Å²) < 4.78 is 10.1. The number of ether oxygens (including phenoxy) is 2. The number of carbonyl (C=O) groups is 1. The van der Waals surface area contributed by atoms with Crippen molar-refractivity contribution in [3.8, 4) is 0 Å². The van der Waals surface area contributed by atoms with Gasteiger partial charge in [-0.05, 0) is 48.4 Å². The van der Waals surface area contributed by atoms with Crippen molar-refractivity contribution in [2.75, 3.05) is 56.3 Å². The van der Waals surface area contributed by atoms with E-state index in [1.54, 1.807) is 6.07 Å². The number of hydrogen-bond acceptors (Lipinski definition) is 11. The second-order valence-electron chi connectivity index (χ2n) is 8.54. The Morgan fingerprint density at radius 3 is 2.71 bits per heavy atom. The van der Waals surface area contributed by atoms with E-state index >= 15 is 0 Å². The number of fused-ring (bicyclic) bond motifs is 1. The van der Waals surface area contributed by atoms with Gasteiger partial charge in [0.15, 0.2) is 11.5 Å². The van der Waals surface area contributed by atoms with Crippen LogP contribution < -0.4 is 9.80 Å². The lowest BCUT2D eigenvalue weighted by Gasteiger charge is -2.35. The smallest absolute Gasteiger partial charge is 0.358 e. The third kappa shape index (κ3) is 4.48.